The maximum Gasteiger partial charge on any atom is 0.348 e. The summed E-state index contributed by atoms with van der Waals surface area (Å²) in [5.41, 5.74) is 5.78. The second-order valence-electron chi connectivity index (χ2n) is 3.83. The Kier molecular flexibility index (Phi) is 2.88. The normalized spacial score (nSPS) is 18.2. The zero-order chi connectivity index (χ0) is 13.3. The molecule has 0 aliphatic carbocycles. The largest absolute Gasteiger partial charge is 0.374 e. The average molecular weight is 249 g/mol. The maximum absolute atomic E-state index is 11.0. The fourth-order valence-electron chi connectivity index (χ4n) is 1.65. The van der Waals surface area contributed by atoms with E-state index in [1.54, 1.807) is 25.1 Å². The van der Waals surface area contributed by atoms with Gasteiger partial charge in [-0.15, -0.1) is 0 Å². The number of hydroxylamine groups is 2. The van der Waals surface area contributed by atoms with Crippen molar-refractivity contribution in [2.24, 2.45) is 5.73 Å². The van der Waals surface area contributed by atoms with Crippen LogP contribution in [0, 0.1) is 10.1 Å². The molecule has 7 nitrogen and oxygen atoms in total. The summed E-state index contributed by atoms with van der Waals surface area (Å²) >= 11 is 0. The van der Waals surface area contributed by atoms with Crippen molar-refractivity contribution < 1.29 is 14.6 Å². The van der Waals surface area contributed by atoms with Crippen LogP contribution in [0.1, 0.15) is 12.5 Å². The lowest BCUT2D eigenvalue weighted by Gasteiger charge is -2.17. The van der Waals surface area contributed by atoms with E-state index in [1.165, 1.54) is 12.1 Å². The summed E-state index contributed by atoms with van der Waals surface area (Å²) < 4.78 is 0. The average Bonchev–Trinajstić information content (AvgIpc) is 2.71. The van der Waals surface area contributed by atoms with E-state index < -0.39 is 11.0 Å². The van der Waals surface area contributed by atoms with Crippen LogP contribution in [0.15, 0.2) is 30.3 Å². The number of hydrogen-bond acceptors (Lipinski definition) is 4. The standard InChI is InChI=1S/C11H11N3O4/c1-7-6-10(18-13(7)11(12)15)8-2-4-9(5-3-8)14(16)17/h2-7H,1H3,(H2,12,15). The minimum atomic E-state index is -0.685. The van der Waals surface area contributed by atoms with Gasteiger partial charge in [0.2, 0.25) is 0 Å². The van der Waals surface area contributed by atoms with E-state index in [-0.39, 0.29) is 11.7 Å². The Bertz CT molecular complexity index is 524. The van der Waals surface area contributed by atoms with Gasteiger partial charge in [0, 0.05) is 17.7 Å². The topological polar surface area (TPSA) is 98.7 Å². The van der Waals surface area contributed by atoms with Crippen LogP contribution in [0.4, 0.5) is 10.5 Å². The molecule has 0 fully saturated rings. The molecule has 1 aliphatic rings. The first-order chi connectivity index (χ1) is 8.49. The number of hydrogen-bond donors (Lipinski definition) is 1. The molecule has 1 aliphatic heterocycles. The van der Waals surface area contributed by atoms with Gasteiger partial charge >= 0.3 is 6.03 Å². The quantitative estimate of drug-likeness (QED) is 0.636. The van der Waals surface area contributed by atoms with Crippen LogP contribution < -0.4 is 5.73 Å². The van der Waals surface area contributed by atoms with Gasteiger partial charge in [-0.3, -0.25) is 10.1 Å². The van der Waals surface area contributed by atoms with Crippen molar-refractivity contribution >= 4 is 17.5 Å². The second-order valence-corrected chi connectivity index (χ2v) is 3.83. The molecule has 0 bridgehead atoms. The van der Waals surface area contributed by atoms with Crippen molar-refractivity contribution in [2.45, 2.75) is 13.0 Å². The first kappa shape index (κ1) is 11.9. The first-order valence-electron chi connectivity index (χ1n) is 5.22. The highest BCUT2D eigenvalue weighted by Crippen LogP contribution is 2.27. The van der Waals surface area contributed by atoms with Crippen molar-refractivity contribution in [3.63, 3.8) is 0 Å². The maximum atomic E-state index is 11.0. The van der Waals surface area contributed by atoms with Crippen molar-refractivity contribution in [3.8, 4) is 0 Å². The van der Waals surface area contributed by atoms with E-state index in [0.29, 0.717) is 11.3 Å². The Morgan fingerprint density at radius 2 is 2.06 bits per heavy atom. The van der Waals surface area contributed by atoms with Gasteiger partial charge in [-0.05, 0) is 25.1 Å². The van der Waals surface area contributed by atoms with Crippen LogP contribution in [0.25, 0.3) is 5.76 Å². The number of carbonyl (C=O) groups is 1. The molecule has 7 heteroatoms. The molecular formula is C11H11N3O4. The van der Waals surface area contributed by atoms with E-state index in [1.807, 2.05) is 0 Å². The van der Waals surface area contributed by atoms with E-state index in [0.717, 1.165) is 5.06 Å². The summed E-state index contributed by atoms with van der Waals surface area (Å²) in [5, 5.41) is 11.6. The molecule has 1 unspecified atom stereocenters. The first-order valence-corrected chi connectivity index (χ1v) is 5.22. The summed E-state index contributed by atoms with van der Waals surface area (Å²) in [4.78, 5) is 26.3. The fraction of sp³-hybridized carbons (Fsp3) is 0.182. The lowest BCUT2D eigenvalue weighted by molar-refractivity contribution is -0.384. The highest BCUT2D eigenvalue weighted by Gasteiger charge is 2.27. The third kappa shape index (κ3) is 2.10. The minimum absolute atomic E-state index is 0.00264. The second kappa shape index (κ2) is 4.36. The number of benzene rings is 1. The molecule has 0 saturated heterocycles. The molecule has 2 rings (SSSR count). The molecule has 18 heavy (non-hydrogen) atoms. The number of nitro benzene ring substituents is 1. The van der Waals surface area contributed by atoms with Gasteiger partial charge in [0.15, 0.2) is 5.76 Å². The summed E-state index contributed by atoms with van der Waals surface area (Å²) in [6.45, 7) is 1.75. The highest BCUT2D eigenvalue weighted by atomic mass is 16.7. The number of non-ortho nitro benzene ring substituents is 1. The van der Waals surface area contributed by atoms with Crippen molar-refractivity contribution in [2.75, 3.05) is 0 Å². The molecule has 1 aromatic carbocycles. The molecule has 0 radical (unpaired) electrons. The smallest absolute Gasteiger partial charge is 0.348 e. The summed E-state index contributed by atoms with van der Waals surface area (Å²) in [6.07, 6.45) is 1.71. The Hall–Kier alpha value is -2.57. The summed E-state index contributed by atoms with van der Waals surface area (Å²) in [6, 6.07) is 4.90. The lowest BCUT2D eigenvalue weighted by Crippen LogP contribution is -2.37. The lowest BCUT2D eigenvalue weighted by atomic mass is 10.1. The van der Waals surface area contributed by atoms with Gasteiger partial charge in [-0.2, -0.15) is 5.06 Å². The number of nitrogens with zero attached hydrogens (tertiary/aromatic N) is 2. The zero-order valence-electron chi connectivity index (χ0n) is 9.57. The molecule has 1 atom stereocenters. The number of nitrogens with two attached hydrogens (primary N) is 1. The predicted octanol–water partition coefficient (Wildman–Crippen LogP) is 1.65. The molecule has 0 saturated carbocycles. The van der Waals surface area contributed by atoms with E-state index >= 15 is 0 Å². The Labute approximate surface area is 103 Å². The van der Waals surface area contributed by atoms with Crippen LogP contribution in [-0.2, 0) is 4.84 Å². The number of amides is 2. The van der Waals surface area contributed by atoms with Crippen LogP contribution in [0.5, 0.6) is 0 Å². The zero-order valence-corrected chi connectivity index (χ0v) is 9.57. The Morgan fingerprint density at radius 1 is 1.44 bits per heavy atom. The van der Waals surface area contributed by atoms with Crippen molar-refractivity contribution in [1.29, 1.82) is 0 Å². The molecule has 1 aromatic rings. The fourth-order valence-corrected chi connectivity index (χ4v) is 1.65. The minimum Gasteiger partial charge on any atom is -0.374 e. The van der Waals surface area contributed by atoms with Crippen LogP contribution in [0.2, 0.25) is 0 Å². The van der Waals surface area contributed by atoms with E-state index in [2.05, 4.69) is 0 Å². The number of carbonyl (C=O) groups excluding carboxylic acids is 1. The molecule has 94 valence electrons. The SMILES string of the molecule is CC1C=C(c2ccc([N+](=O)[O-])cc2)ON1C(N)=O. The van der Waals surface area contributed by atoms with Gasteiger partial charge < -0.3 is 10.6 Å². The van der Waals surface area contributed by atoms with Gasteiger partial charge in [0.1, 0.15) is 0 Å². The van der Waals surface area contributed by atoms with E-state index in [9.17, 15) is 14.9 Å². The number of primary amides is 1. The van der Waals surface area contributed by atoms with Crippen LogP contribution >= 0.6 is 0 Å². The Morgan fingerprint density at radius 3 is 2.50 bits per heavy atom. The highest BCUT2D eigenvalue weighted by molar-refractivity contribution is 5.75. The number of nitro groups is 1. The monoisotopic (exact) mass is 249 g/mol. The third-order valence-electron chi connectivity index (χ3n) is 2.54. The van der Waals surface area contributed by atoms with Gasteiger partial charge in [-0.1, -0.05) is 0 Å². The third-order valence-corrected chi connectivity index (χ3v) is 2.54. The Balaban J connectivity index is 2.21. The van der Waals surface area contributed by atoms with E-state index in [4.69, 9.17) is 10.6 Å². The van der Waals surface area contributed by atoms with Gasteiger partial charge in [-0.25, -0.2) is 4.79 Å². The van der Waals surface area contributed by atoms with Crippen LogP contribution in [-0.4, -0.2) is 22.1 Å². The molecule has 2 amide bonds. The van der Waals surface area contributed by atoms with Gasteiger partial charge in [0.05, 0.1) is 11.0 Å². The van der Waals surface area contributed by atoms with Crippen molar-refractivity contribution in [1.82, 2.24) is 5.06 Å². The van der Waals surface area contributed by atoms with Crippen molar-refractivity contribution in [3.05, 3.63) is 46.0 Å². The number of rotatable bonds is 2. The number of urea groups is 1. The molecule has 1 heterocycles. The predicted molar refractivity (Wildman–Crippen MR) is 63.0 cm³/mol. The van der Waals surface area contributed by atoms with Crippen LogP contribution in [0.3, 0.4) is 0 Å². The summed E-state index contributed by atoms with van der Waals surface area (Å²) in [5.74, 6) is 0.455. The molecule has 0 spiro atoms. The summed E-state index contributed by atoms with van der Waals surface area (Å²) in [7, 11) is 0. The molecule has 2 N–H and O–H groups in total. The van der Waals surface area contributed by atoms with Gasteiger partial charge in [0.25, 0.3) is 5.69 Å². The molecular weight excluding hydrogens is 238 g/mol. The molecule has 0 aromatic heterocycles.